The summed E-state index contributed by atoms with van der Waals surface area (Å²) in [4.78, 5) is 0. The van der Waals surface area contributed by atoms with Crippen molar-refractivity contribution in [1.29, 1.82) is 0 Å². The highest BCUT2D eigenvalue weighted by molar-refractivity contribution is 5.56. The summed E-state index contributed by atoms with van der Waals surface area (Å²) in [6.07, 6.45) is 2.45. The predicted octanol–water partition coefficient (Wildman–Crippen LogP) is 3.81. The molecular formula is C17H25NO3. The van der Waals surface area contributed by atoms with Gasteiger partial charge in [-0.3, -0.25) is 0 Å². The van der Waals surface area contributed by atoms with Crippen molar-refractivity contribution in [1.82, 2.24) is 0 Å². The maximum absolute atomic E-state index is 5.82. The normalized spacial score (nSPS) is 26.9. The first-order chi connectivity index (χ1) is 9.93. The summed E-state index contributed by atoms with van der Waals surface area (Å²) in [5, 5.41) is 3.61. The van der Waals surface area contributed by atoms with E-state index in [1.807, 2.05) is 26.0 Å². The zero-order valence-corrected chi connectivity index (χ0v) is 13.3. The van der Waals surface area contributed by atoms with E-state index in [-0.39, 0.29) is 0 Å². The average Bonchev–Trinajstić information content (AvgIpc) is 2.72. The van der Waals surface area contributed by atoms with Gasteiger partial charge >= 0.3 is 0 Å². The third-order valence-electron chi connectivity index (χ3n) is 4.08. The van der Waals surface area contributed by atoms with Gasteiger partial charge in [-0.25, -0.2) is 0 Å². The molecule has 2 aliphatic rings. The standard InChI is InChI=1S/C17H25NO3/c1-11(2)15-9-13(7-8-19-15)18-12-5-6-14-16(10-12)21-17(3,4)20-14/h5-6,10-11,13,15,18H,7-9H2,1-4H3. The quantitative estimate of drug-likeness (QED) is 0.919. The lowest BCUT2D eigenvalue weighted by Gasteiger charge is -2.33. The maximum Gasteiger partial charge on any atom is 0.246 e. The molecule has 0 amide bonds. The summed E-state index contributed by atoms with van der Waals surface area (Å²) >= 11 is 0. The topological polar surface area (TPSA) is 39.7 Å². The van der Waals surface area contributed by atoms with Crippen LogP contribution in [0.4, 0.5) is 5.69 Å². The predicted molar refractivity (Wildman–Crippen MR) is 83.0 cm³/mol. The van der Waals surface area contributed by atoms with E-state index >= 15 is 0 Å². The van der Waals surface area contributed by atoms with E-state index < -0.39 is 5.79 Å². The Kier molecular flexibility index (Phi) is 3.74. The molecule has 0 spiro atoms. The summed E-state index contributed by atoms with van der Waals surface area (Å²) in [6, 6.07) is 6.53. The van der Waals surface area contributed by atoms with Crippen molar-refractivity contribution in [3.63, 3.8) is 0 Å². The second-order valence-corrected chi connectivity index (χ2v) is 6.78. The van der Waals surface area contributed by atoms with Gasteiger partial charge in [-0.05, 0) is 30.9 Å². The Morgan fingerprint density at radius 3 is 2.71 bits per heavy atom. The van der Waals surface area contributed by atoms with Crippen LogP contribution in [0, 0.1) is 5.92 Å². The van der Waals surface area contributed by atoms with E-state index in [4.69, 9.17) is 14.2 Å². The van der Waals surface area contributed by atoms with Crippen LogP contribution >= 0.6 is 0 Å². The molecule has 116 valence electrons. The Bertz CT molecular complexity index is 513. The summed E-state index contributed by atoms with van der Waals surface area (Å²) in [7, 11) is 0. The van der Waals surface area contributed by atoms with Gasteiger partial charge in [0, 0.05) is 38.2 Å². The van der Waals surface area contributed by atoms with Crippen LogP contribution in [0.2, 0.25) is 0 Å². The minimum atomic E-state index is -0.567. The van der Waals surface area contributed by atoms with Crippen molar-refractivity contribution < 1.29 is 14.2 Å². The van der Waals surface area contributed by atoms with Crippen molar-refractivity contribution in [2.24, 2.45) is 5.92 Å². The molecule has 3 rings (SSSR count). The van der Waals surface area contributed by atoms with E-state index in [1.165, 1.54) is 0 Å². The van der Waals surface area contributed by atoms with E-state index in [0.29, 0.717) is 18.1 Å². The Morgan fingerprint density at radius 1 is 1.19 bits per heavy atom. The van der Waals surface area contributed by atoms with Gasteiger partial charge in [0.1, 0.15) is 0 Å². The first-order valence-corrected chi connectivity index (χ1v) is 7.83. The maximum atomic E-state index is 5.82. The van der Waals surface area contributed by atoms with Crippen LogP contribution in [0.25, 0.3) is 0 Å². The van der Waals surface area contributed by atoms with Gasteiger partial charge in [0.25, 0.3) is 0 Å². The van der Waals surface area contributed by atoms with E-state index in [9.17, 15) is 0 Å². The molecule has 2 atom stereocenters. The number of hydrogen-bond acceptors (Lipinski definition) is 4. The minimum Gasteiger partial charge on any atom is -0.449 e. The first-order valence-electron chi connectivity index (χ1n) is 7.83. The lowest BCUT2D eigenvalue weighted by atomic mass is 9.95. The SMILES string of the molecule is CC(C)C1CC(Nc2ccc3c(c2)OC(C)(C)O3)CCO1. The first kappa shape index (κ1) is 14.5. The lowest BCUT2D eigenvalue weighted by Crippen LogP contribution is -2.36. The largest absolute Gasteiger partial charge is 0.449 e. The summed E-state index contributed by atoms with van der Waals surface area (Å²) in [6.45, 7) is 9.11. The van der Waals surface area contributed by atoms with Gasteiger partial charge in [0.15, 0.2) is 11.5 Å². The molecule has 2 heterocycles. The number of fused-ring (bicyclic) bond motifs is 1. The van der Waals surface area contributed by atoms with E-state index in [2.05, 4.69) is 25.2 Å². The molecule has 0 saturated carbocycles. The molecular weight excluding hydrogens is 266 g/mol. The van der Waals surface area contributed by atoms with E-state index in [1.54, 1.807) is 0 Å². The fourth-order valence-electron chi connectivity index (χ4n) is 2.97. The summed E-state index contributed by atoms with van der Waals surface area (Å²) in [5.74, 6) is 1.63. The Labute approximate surface area is 126 Å². The molecule has 0 bridgehead atoms. The fourth-order valence-corrected chi connectivity index (χ4v) is 2.97. The number of rotatable bonds is 3. The molecule has 1 N–H and O–H groups in total. The number of ether oxygens (including phenoxy) is 3. The highest BCUT2D eigenvalue weighted by Crippen LogP contribution is 2.41. The zero-order valence-electron chi connectivity index (χ0n) is 13.3. The van der Waals surface area contributed by atoms with Crippen molar-refractivity contribution in [2.75, 3.05) is 11.9 Å². The molecule has 4 heteroatoms. The molecule has 21 heavy (non-hydrogen) atoms. The van der Waals surface area contributed by atoms with Crippen molar-refractivity contribution >= 4 is 5.69 Å². The second kappa shape index (κ2) is 5.41. The molecule has 1 aromatic carbocycles. The third kappa shape index (κ3) is 3.26. The van der Waals surface area contributed by atoms with Crippen molar-refractivity contribution in [3.05, 3.63) is 18.2 Å². The van der Waals surface area contributed by atoms with Crippen LogP contribution in [-0.2, 0) is 4.74 Å². The molecule has 1 aromatic rings. The summed E-state index contributed by atoms with van der Waals surface area (Å²) < 4.78 is 17.3. The highest BCUT2D eigenvalue weighted by Gasteiger charge is 2.32. The van der Waals surface area contributed by atoms with Crippen LogP contribution < -0.4 is 14.8 Å². The van der Waals surface area contributed by atoms with Gasteiger partial charge in [0.2, 0.25) is 5.79 Å². The second-order valence-electron chi connectivity index (χ2n) is 6.78. The van der Waals surface area contributed by atoms with E-state index in [0.717, 1.165) is 36.6 Å². The van der Waals surface area contributed by atoms with Gasteiger partial charge in [-0.15, -0.1) is 0 Å². The van der Waals surface area contributed by atoms with Gasteiger partial charge < -0.3 is 19.5 Å². The highest BCUT2D eigenvalue weighted by atomic mass is 16.7. The van der Waals surface area contributed by atoms with Gasteiger partial charge in [-0.1, -0.05) is 13.8 Å². The zero-order chi connectivity index (χ0) is 15.0. The van der Waals surface area contributed by atoms with Crippen molar-refractivity contribution in [3.8, 4) is 11.5 Å². The smallest absolute Gasteiger partial charge is 0.246 e. The Morgan fingerprint density at radius 2 is 1.95 bits per heavy atom. The molecule has 0 aliphatic carbocycles. The van der Waals surface area contributed by atoms with Crippen LogP contribution in [-0.4, -0.2) is 24.5 Å². The number of hydrogen-bond donors (Lipinski definition) is 1. The number of nitrogens with one attached hydrogen (secondary N) is 1. The number of anilines is 1. The molecule has 0 aromatic heterocycles. The summed E-state index contributed by atoms with van der Waals surface area (Å²) in [5.41, 5.74) is 1.09. The average molecular weight is 291 g/mol. The van der Waals surface area contributed by atoms with Crippen LogP contribution in [0.15, 0.2) is 18.2 Å². The molecule has 1 saturated heterocycles. The molecule has 2 unspecified atom stereocenters. The van der Waals surface area contributed by atoms with Gasteiger partial charge in [-0.2, -0.15) is 0 Å². The Balaban J connectivity index is 1.66. The minimum absolute atomic E-state index is 0.351. The number of benzene rings is 1. The molecule has 1 fully saturated rings. The molecule has 4 nitrogen and oxygen atoms in total. The fraction of sp³-hybridized carbons (Fsp3) is 0.647. The van der Waals surface area contributed by atoms with Crippen LogP contribution in [0.5, 0.6) is 11.5 Å². The van der Waals surface area contributed by atoms with Crippen molar-refractivity contribution in [2.45, 2.75) is 58.5 Å². The van der Waals surface area contributed by atoms with Gasteiger partial charge in [0.05, 0.1) is 6.10 Å². The molecule has 2 aliphatic heterocycles. The van der Waals surface area contributed by atoms with Crippen LogP contribution in [0.1, 0.15) is 40.5 Å². The van der Waals surface area contributed by atoms with Crippen LogP contribution in [0.3, 0.4) is 0 Å². The Hall–Kier alpha value is -1.42. The molecule has 0 radical (unpaired) electrons. The monoisotopic (exact) mass is 291 g/mol. The lowest BCUT2D eigenvalue weighted by molar-refractivity contribution is -0.0431. The third-order valence-corrected chi connectivity index (χ3v) is 4.08.